The van der Waals surface area contributed by atoms with Crippen molar-refractivity contribution in [1.82, 2.24) is 0 Å². The van der Waals surface area contributed by atoms with Crippen LogP contribution in [0, 0.1) is 23.2 Å². The van der Waals surface area contributed by atoms with Crippen LogP contribution in [-0.4, -0.2) is 0 Å². The van der Waals surface area contributed by atoms with Crippen molar-refractivity contribution in [2.24, 2.45) is 23.2 Å². The fraction of sp³-hybridized carbons (Fsp3) is 1.00. The van der Waals surface area contributed by atoms with E-state index in [-0.39, 0.29) is 0 Å². The fourth-order valence-electron chi connectivity index (χ4n) is 3.74. The summed E-state index contributed by atoms with van der Waals surface area (Å²) in [6.07, 6.45) is 7.40. The molecule has 0 aromatic rings. The topological polar surface area (TPSA) is 0 Å². The van der Waals surface area contributed by atoms with Gasteiger partial charge < -0.3 is 0 Å². The van der Waals surface area contributed by atoms with Gasteiger partial charge in [0.1, 0.15) is 0 Å². The molecule has 0 radical (unpaired) electrons. The number of rotatable bonds is 2. The predicted molar refractivity (Wildman–Crippen MR) is 64.4 cm³/mol. The van der Waals surface area contributed by atoms with Gasteiger partial charge >= 0.3 is 0 Å². The Morgan fingerprint density at radius 1 is 0.929 bits per heavy atom. The van der Waals surface area contributed by atoms with Gasteiger partial charge in [0.05, 0.1) is 0 Å². The molecule has 1 atom stereocenters. The summed E-state index contributed by atoms with van der Waals surface area (Å²) >= 11 is 0. The third-order valence-corrected chi connectivity index (χ3v) is 3.88. The summed E-state index contributed by atoms with van der Waals surface area (Å²) in [4.78, 5) is 0. The maximum atomic E-state index is 2.42. The zero-order chi connectivity index (χ0) is 10.8. The van der Waals surface area contributed by atoms with Gasteiger partial charge in [0.2, 0.25) is 0 Å². The van der Waals surface area contributed by atoms with Crippen LogP contribution in [-0.2, 0) is 0 Å². The van der Waals surface area contributed by atoms with E-state index in [4.69, 9.17) is 0 Å². The molecular formula is C14H28. The summed E-state index contributed by atoms with van der Waals surface area (Å²) in [5.41, 5.74) is 0.496. The lowest BCUT2D eigenvalue weighted by molar-refractivity contribution is 0.0803. The molecule has 0 saturated heterocycles. The first-order valence-electron chi connectivity index (χ1n) is 6.43. The average Bonchev–Trinajstić information content (AvgIpc) is 2.02. The molecule has 1 fully saturated rings. The molecule has 0 bridgehead atoms. The van der Waals surface area contributed by atoms with Gasteiger partial charge in [-0.25, -0.2) is 0 Å². The van der Waals surface area contributed by atoms with E-state index in [0.29, 0.717) is 5.41 Å². The van der Waals surface area contributed by atoms with Crippen LogP contribution < -0.4 is 0 Å². The van der Waals surface area contributed by atoms with Crippen LogP contribution in [0.5, 0.6) is 0 Å². The van der Waals surface area contributed by atoms with Gasteiger partial charge in [-0.1, -0.05) is 66.7 Å². The van der Waals surface area contributed by atoms with Crippen molar-refractivity contribution in [3.05, 3.63) is 0 Å². The molecule has 0 aliphatic heterocycles. The monoisotopic (exact) mass is 196 g/mol. The molecule has 0 amide bonds. The van der Waals surface area contributed by atoms with Gasteiger partial charge in [0.15, 0.2) is 0 Å². The van der Waals surface area contributed by atoms with Crippen LogP contribution in [0.2, 0.25) is 0 Å². The van der Waals surface area contributed by atoms with E-state index in [1.165, 1.54) is 32.1 Å². The quantitative estimate of drug-likeness (QED) is 0.590. The van der Waals surface area contributed by atoms with Crippen molar-refractivity contribution in [2.75, 3.05) is 0 Å². The summed E-state index contributed by atoms with van der Waals surface area (Å²) in [5.74, 6) is 2.77. The highest BCUT2D eigenvalue weighted by molar-refractivity contribution is 4.84. The second-order valence-corrected chi connectivity index (χ2v) is 6.53. The van der Waals surface area contributed by atoms with Crippen molar-refractivity contribution in [2.45, 2.75) is 66.7 Å². The van der Waals surface area contributed by atoms with Crippen LogP contribution in [0.4, 0.5) is 0 Å². The van der Waals surface area contributed by atoms with E-state index in [2.05, 4.69) is 34.6 Å². The second-order valence-electron chi connectivity index (χ2n) is 6.53. The van der Waals surface area contributed by atoms with Gasteiger partial charge in [0, 0.05) is 0 Å². The minimum absolute atomic E-state index is 0.496. The van der Waals surface area contributed by atoms with Crippen LogP contribution in [0.1, 0.15) is 66.7 Å². The van der Waals surface area contributed by atoms with Crippen LogP contribution in [0.25, 0.3) is 0 Å². The molecule has 0 spiro atoms. The van der Waals surface area contributed by atoms with E-state index < -0.39 is 0 Å². The van der Waals surface area contributed by atoms with Crippen molar-refractivity contribution < 1.29 is 0 Å². The zero-order valence-electron chi connectivity index (χ0n) is 10.8. The predicted octanol–water partition coefficient (Wildman–Crippen LogP) is 4.89. The molecule has 14 heavy (non-hydrogen) atoms. The first-order valence-corrected chi connectivity index (χ1v) is 6.43. The number of hydrogen-bond acceptors (Lipinski definition) is 0. The fourth-order valence-corrected chi connectivity index (χ4v) is 3.74. The smallest absolute Gasteiger partial charge is 0.0314 e. The standard InChI is InChI=1S/C14H28/c1-11(2)13(14(3,4)5)12-9-7-6-8-10-12/h11-13H,6-10H2,1-5H3. The van der Waals surface area contributed by atoms with E-state index in [9.17, 15) is 0 Å². The Balaban J connectivity index is 2.66. The lowest BCUT2D eigenvalue weighted by Gasteiger charge is -2.42. The Labute approximate surface area is 90.5 Å². The van der Waals surface area contributed by atoms with E-state index in [1.807, 2.05) is 0 Å². The van der Waals surface area contributed by atoms with Crippen LogP contribution in [0.3, 0.4) is 0 Å². The second kappa shape index (κ2) is 4.68. The Hall–Kier alpha value is 0. The Morgan fingerprint density at radius 3 is 1.79 bits per heavy atom. The lowest BCUT2D eigenvalue weighted by Crippen LogP contribution is -2.33. The minimum atomic E-state index is 0.496. The van der Waals surface area contributed by atoms with E-state index in [0.717, 1.165) is 17.8 Å². The molecule has 1 aliphatic rings. The highest BCUT2D eigenvalue weighted by atomic mass is 14.4. The molecule has 0 heteroatoms. The molecule has 1 rings (SSSR count). The summed E-state index contributed by atoms with van der Waals surface area (Å²) in [6, 6.07) is 0. The molecule has 1 unspecified atom stereocenters. The first kappa shape index (κ1) is 12.1. The largest absolute Gasteiger partial charge is 0.0625 e. The minimum Gasteiger partial charge on any atom is -0.0625 e. The van der Waals surface area contributed by atoms with Gasteiger partial charge in [-0.15, -0.1) is 0 Å². The Bertz CT molecular complexity index is 155. The van der Waals surface area contributed by atoms with E-state index >= 15 is 0 Å². The molecule has 0 aromatic carbocycles. The van der Waals surface area contributed by atoms with Gasteiger partial charge in [-0.2, -0.15) is 0 Å². The highest BCUT2D eigenvalue weighted by Crippen LogP contribution is 2.43. The molecule has 84 valence electrons. The van der Waals surface area contributed by atoms with Crippen molar-refractivity contribution in [3.63, 3.8) is 0 Å². The Morgan fingerprint density at radius 2 is 1.43 bits per heavy atom. The maximum Gasteiger partial charge on any atom is -0.0314 e. The zero-order valence-corrected chi connectivity index (χ0v) is 10.8. The summed E-state index contributed by atoms with van der Waals surface area (Å²) < 4.78 is 0. The van der Waals surface area contributed by atoms with Gasteiger partial charge in [-0.3, -0.25) is 0 Å². The van der Waals surface area contributed by atoms with Crippen LogP contribution in [0.15, 0.2) is 0 Å². The third-order valence-electron chi connectivity index (χ3n) is 3.88. The van der Waals surface area contributed by atoms with Gasteiger partial charge in [0.25, 0.3) is 0 Å². The summed E-state index contributed by atoms with van der Waals surface area (Å²) in [7, 11) is 0. The third kappa shape index (κ3) is 3.00. The van der Waals surface area contributed by atoms with Crippen LogP contribution >= 0.6 is 0 Å². The molecular weight excluding hydrogens is 168 g/mol. The molecule has 1 saturated carbocycles. The molecule has 0 aromatic heterocycles. The van der Waals surface area contributed by atoms with Crippen molar-refractivity contribution in [1.29, 1.82) is 0 Å². The molecule has 0 nitrogen and oxygen atoms in total. The SMILES string of the molecule is CC(C)C(C1CCCCC1)C(C)(C)C. The first-order chi connectivity index (χ1) is 6.43. The number of hydrogen-bond donors (Lipinski definition) is 0. The lowest BCUT2D eigenvalue weighted by atomic mass is 9.64. The van der Waals surface area contributed by atoms with E-state index in [1.54, 1.807) is 0 Å². The van der Waals surface area contributed by atoms with Gasteiger partial charge in [-0.05, 0) is 23.2 Å². The Kier molecular flexibility index (Phi) is 4.04. The summed E-state index contributed by atoms with van der Waals surface area (Å²) in [6.45, 7) is 12.1. The molecule has 0 N–H and O–H groups in total. The molecule has 1 aliphatic carbocycles. The van der Waals surface area contributed by atoms with Crippen molar-refractivity contribution in [3.8, 4) is 0 Å². The highest BCUT2D eigenvalue weighted by Gasteiger charge is 2.34. The molecule has 0 heterocycles. The summed E-state index contributed by atoms with van der Waals surface area (Å²) in [5, 5.41) is 0. The maximum absolute atomic E-state index is 2.42. The normalized spacial score (nSPS) is 22.7. The van der Waals surface area contributed by atoms with Crippen molar-refractivity contribution >= 4 is 0 Å². The average molecular weight is 196 g/mol.